The molecule has 2 aromatic rings. The third-order valence-corrected chi connectivity index (χ3v) is 3.64. The summed E-state index contributed by atoms with van der Waals surface area (Å²) in [6, 6.07) is 8.17. The number of nitrogens with one attached hydrogen (secondary N) is 1. The fourth-order valence-electron chi connectivity index (χ4n) is 2.27. The number of anilines is 1. The maximum Gasteiger partial charge on any atom is 0.416 e. The fourth-order valence-corrected chi connectivity index (χ4v) is 2.27. The lowest BCUT2D eigenvalue weighted by Gasteiger charge is -2.14. The molecule has 0 heterocycles. The van der Waals surface area contributed by atoms with Gasteiger partial charge < -0.3 is 19.5 Å². The molecule has 0 aliphatic carbocycles. The number of ether oxygens (including phenoxy) is 3. The van der Waals surface area contributed by atoms with E-state index in [1.807, 2.05) is 0 Å². The predicted molar refractivity (Wildman–Crippen MR) is 99.6 cm³/mol. The number of rotatable bonds is 9. The Labute approximate surface area is 169 Å². The molecule has 0 bridgehead atoms. The smallest absolute Gasteiger partial charge is 0.416 e. The van der Waals surface area contributed by atoms with Crippen LogP contribution in [0.2, 0.25) is 0 Å². The van der Waals surface area contributed by atoms with Crippen molar-refractivity contribution >= 4 is 17.7 Å². The van der Waals surface area contributed by atoms with Crippen molar-refractivity contribution in [2.24, 2.45) is 0 Å². The molecule has 0 aromatic heterocycles. The maximum absolute atomic E-state index is 13.0. The van der Waals surface area contributed by atoms with Gasteiger partial charge in [0.25, 0.3) is 0 Å². The third-order valence-electron chi connectivity index (χ3n) is 3.64. The van der Waals surface area contributed by atoms with E-state index in [0.717, 1.165) is 24.3 Å². The molecule has 2 rings (SSSR count). The van der Waals surface area contributed by atoms with Crippen LogP contribution in [-0.4, -0.2) is 32.8 Å². The first-order valence-corrected chi connectivity index (χ1v) is 8.56. The molecule has 0 fully saturated rings. The van der Waals surface area contributed by atoms with Crippen LogP contribution in [0.25, 0.3) is 6.08 Å². The number of carbonyl (C=O) groups excluding carboxylic acids is 1. The number of carbonyl (C=O) groups is 1. The maximum atomic E-state index is 13.0. The largest absolute Gasteiger partial charge is 0.489 e. The van der Waals surface area contributed by atoms with Crippen LogP contribution < -0.4 is 14.8 Å². The van der Waals surface area contributed by atoms with Gasteiger partial charge in [-0.1, -0.05) is 12.1 Å². The number of hydrogen-bond donors (Lipinski definition) is 1. The van der Waals surface area contributed by atoms with Crippen LogP contribution in [0.15, 0.2) is 48.5 Å². The van der Waals surface area contributed by atoms with Crippen LogP contribution in [-0.2, 0) is 15.7 Å². The lowest BCUT2D eigenvalue weighted by atomic mass is 10.1. The number of methoxy groups -OCH3 is 1. The molecule has 0 aliphatic rings. The number of halogens is 5. The van der Waals surface area contributed by atoms with Crippen molar-refractivity contribution in [2.45, 2.75) is 12.8 Å². The zero-order chi connectivity index (χ0) is 22.1. The number of benzene rings is 2. The molecular weight excluding hydrogens is 413 g/mol. The van der Waals surface area contributed by atoms with Crippen molar-refractivity contribution in [3.8, 4) is 11.5 Å². The van der Waals surface area contributed by atoms with E-state index in [0.29, 0.717) is 5.56 Å². The lowest BCUT2D eigenvalue weighted by molar-refractivity contribution is -0.137. The van der Waals surface area contributed by atoms with Crippen molar-refractivity contribution in [3.05, 3.63) is 59.7 Å². The average molecular weight is 431 g/mol. The van der Waals surface area contributed by atoms with Gasteiger partial charge in [0.05, 0.1) is 17.9 Å². The van der Waals surface area contributed by atoms with E-state index in [2.05, 4.69) is 10.1 Å². The second-order valence-corrected chi connectivity index (χ2v) is 5.82. The summed E-state index contributed by atoms with van der Waals surface area (Å²) >= 11 is 0. The normalized spacial score (nSPS) is 11.7. The number of hydrogen-bond acceptors (Lipinski definition) is 4. The Hall–Kier alpha value is -3.14. The SMILES string of the molecule is COCCOc1ccc(C(F)(F)F)cc1NC(=O)/C=C/c1ccc(OC(F)F)cc1. The minimum atomic E-state index is -4.59. The molecule has 0 saturated carbocycles. The van der Waals surface area contributed by atoms with Crippen LogP contribution in [0, 0.1) is 0 Å². The first-order valence-electron chi connectivity index (χ1n) is 8.56. The minimum absolute atomic E-state index is 0.0478. The minimum Gasteiger partial charge on any atom is -0.489 e. The Morgan fingerprint density at radius 2 is 1.80 bits per heavy atom. The van der Waals surface area contributed by atoms with Crippen molar-refractivity contribution in [2.75, 3.05) is 25.6 Å². The van der Waals surface area contributed by atoms with E-state index in [9.17, 15) is 26.7 Å². The van der Waals surface area contributed by atoms with E-state index in [1.165, 1.54) is 37.5 Å². The van der Waals surface area contributed by atoms with Crippen LogP contribution in [0.3, 0.4) is 0 Å². The van der Waals surface area contributed by atoms with E-state index in [4.69, 9.17) is 9.47 Å². The second kappa shape index (κ2) is 10.6. The molecule has 0 spiro atoms. The van der Waals surface area contributed by atoms with Gasteiger partial charge in [-0.2, -0.15) is 22.0 Å². The molecule has 0 saturated heterocycles. The van der Waals surface area contributed by atoms with E-state index < -0.39 is 24.3 Å². The Balaban J connectivity index is 2.12. The van der Waals surface area contributed by atoms with Gasteiger partial charge in [-0.3, -0.25) is 4.79 Å². The zero-order valence-electron chi connectivity index (χ0n) is 15.7. The monoisotopic (exact) mass is 431 g/mol. The Morgan fingerprint density at radius 1 is 1.10 bits per heavy atom. The highest BCUT2D eigenvalue weighted by Crippen LogP contribution is 2.35. The molecule has 30 heavy (non-hydrogen) atoms. The molecule has 0 radical (unpaired) electrons. The third kappa shape index (κ3) is 7.36. The lowest BCUT2D eigenvalue weighted by Crippen LogP contribution is -2.13. The van der Waals surface area contributed by atoms with Crippen molar-refractivity contribution in [3.63, 3.8) is 0 Å². The predicted octanol–water partition coefficient (Wildman–Crippen LogP) is 4.98. The molecule has 162 valence electrons. The quantitative estimate of drug-likeness (QED) is 0.346. The van der Waals surface area contributed by atoms with E-state index >= 15 is 0 Å². The summed E-state index contributed by atoms with van der Waals surface area (Å²) in [5.74, 6) is -0.706. The molecule has 2 aromatic carbocycles. The zero-order valence-corrected chi connectivity index (χ0v) is 15.7. The van der Waals surface area contributed by atoms with E-state index in [-0.39, 0.29) is 30.4 Å². The van der Waals surface area contributed by atoms with Gasteiger partial charge in [0.2, 0.25) is 5.91 Å². The molecule has 1 amide bonds. The molecule has 0 aliphatic heterocycles. The number of amides is 1. The molecular formula is C20H18F5NO4. The highest BCUT2D eigenvalue weighted by Gasteiger charge is 2.31. The number of alkyl halides is 5. The van der Waals surface area contributed by atoms with Gasteiger partial charge in [-0.15, -0.1) is 0 Å². The van der Waals surface area contributed by atoms with Gasteiger partial charge in [0.1, 0.15) is 18.1 Å². The second-order valence-electron chi connectivity index (χ2n) is 5.82. The van der Waals surface area contributed by atoms with Crippen LogP contribution in [0.1, 0.15) is 11.1 Å². The summed E-state index contributed by atoms with van der Waals surface area (Å²) in [5.41, 5.74) is -0.612. The highest BCUT2D eigenvalue weighted by molar-refractivity contribution is 6.02. The summed E-state index contributed by atoms with van der Waals surface area (Å²) in [7, 11) is 1.44. The average Bonchev–Trinajstić information content (AvgIpc) is 2.67. The van der Waals surface area contributed by atoms with Crippen LogP contribution in [0.5, 0.6) is 11.5 Å². The van der Waals surface area contributed by atoms with Crippen molar-refractivity contribution in [1.29, 1.82) is 0 Å². The molecule has 1 N–H and O–H groups in total. The van der Waals surface area contributed by atoms with Crippen molar-refractivity contribution < 1.29 is 41.0 Å². The molecule has 0 atom stereocenters. The molecule has 5 nitrogen and oxygen atoms in total. The summed E-state index contributed by atoms with van der Waals surface area (Å²) < 4.78 is 77.6. The topological polar surface area (TPSA) is 56.8 Å². The molecule has 10 heteroatoms. The highest BCUT2D eigenvalue weighted by atomic mass is 19.4. The summed E-state index contributed by atoms with van der Waals surface area (Å²) in [5, 5.41) is 2.34. The summed E-state index contributed by atoms with van der Waals surface area (Å²) in [6.07, 6.45) is -2.15. The van der Waals surface area contributed by atoms with Crippen LogP contribution >= 0.6 is 0 Å². The first kappa shape index (κ1) is 23.1. The standard InChI is InChI=1S/C20H18F5NO4/c1-28-10-11-29-17-8-5-14(20(23,24)25)12-16(17)26-18(27)9-4-13-2-6-15(7-3-13)30-19(21)22/h2-9,12,19H,10-11H2,1H3,(H,26,27)/b9-4+. The van der Waals surface area contributed by atoms with Gasteiger partial charge in [-0.25, -0.2) is 0 Å². The van der Waals surface area contributed by atoms with Gasteiger partial charge in [-0.05, 0) is 42.0 Å². The van der Waals surface area contributed by atoms with Crippen LogP contribution in [0.4, 0.5) is 27.6 Å². The Bertz CT molecular complexity index is 866. The van der Waals surface area contributed by atoms with Gasteiger partial charge in [0, 0.05) is 13.2 Å². The summed E-state index contributed by atoms with van der Waals surface area (Å²) in [4.78, 5) is 12.2. The van der Waals surface area contributed by atoms with Gasteiger partial charge in [0.15, 0.2) is 0 Å². The Morgan fingerprint density at radius 3 is 2.40 bits per heavy atom. The first-order chi connectivity index (χ1) is 14.2. The van der Waals surface area contributed by atoms with Crippen molar-refractivity contribution in [1.82, 2.24) is 0 Å². The molecule has 0 unspecified atom stereocenters. The van der Waals surface area contributed by atoms with E-state index in [1.54, 1.807) is 0 Å². The fraction of sp³-hybridized carbons (Fsp3) is 0.250. The Kier molecular flexibility index (Phi) is 8.16. The summed E-state index contributed by atoms with van der Waals surface area (Å²) in [6.45, 7) is -2.67. The van der Waals surface area contributed by atoms with Gasteiger partial charge >= 0.3 is 12.8 Å².